The van der Waals surface area contributed by atoms with Gasteiger partial charge in [-0.3, -0.25) is 0 Å². The fraction of sp³-hybridized carbons (Fsp3) is 0.417. The first kappa shape index (κ1) is 10.2. The first-order valence-electron chi connectivity index (χ1n) is 5.07. The highest BCUT2D eigenvalue weighted by Crippen LogP contribution is 2.28. The number of benzene rings is 1. The maximum absolute atomic E-state index is 10.0. The summed E-state index contributed by atoms with van der Waals surface area (Å²) in [5.74, 6) is 0.193. The summed E-state index contributed by atoms with van der Waals surface area (Å²) in [6.07, 6.45) is 0.432. The lowest BCUT2D eigenvalue weighted by molar-refractivity contribution is 0.0918. The Bertz CT molecular complexity index is 360. The summed E-state index contributed by atoms with van der Waals surface area (Å²) in [7, 11) is 0. The standard InChI is InChI=1S/C12H13NO2/c13-7-9-1-3-10(4-2-9)12(14)11-5-6-15-8-11/h1-4,11-12,14H,5-6,8H2. The van der Waals surface area contributed by atoms with Gasteiger partial charge < -0.3 is 9.84 Å². The molecular weight excluding hydrogens is 190 g/mol. The van der Waals surface area contributed by atoms with Crippen LogP contribution in [0.1, 0.15) is 23.7 Å². The van der Waals surface area contributed by atoms with Gasteiger partial charge >= 0.3 is 0 Å². The zero-order chi connectivity index (χ0) is 10.7. The lowest BCUT2D eigenvalue weighted by Crippen LogP contribution is -2.12. The minimum atomic E-state index is -0.472. The monoisotopic (exact) mass is 203 g/mol. The molecular formula is C12H13NO2. The highest BCUT2D eigenvalue weighted by Gasteiger charge is 2.24. The van der Waals surface area contributed by atoms with Crippen LogP contribution in [0.15, 0.2) is 24.3 Å². The lowest BCUT2D eigenvalue weighted by Gasteiger charge is -2.16. The highest BCUT2D eigenvalue weighted by atomic mass is 16.5. The molecule has 3 nitrogen and oxygen atoms in total. The molecule has 1 aromatic carbocycles. The fourth-order valence-corrected chi connectivity index (χ4v) is 1.83. The van der Waals surface area contributed by atoms with Gasteiger partial charge in [-0.2, -0.15) is 5.26 Å². The van der Waals surface area contributed by atoms with Crippen molar-refractivity contribution in [2.75, 3.05) is 13.2 Å². The molecule has 2 rings (SSSR count). The van der Waals surface area contributed by atoms with Crippen LogP contribution in [0.5, 0.6) is 0 Å². The van der Waals surface area contributed by atoms with Crippen LogP contribution in [0.4, 0.5) is 0 Å². The van der Waals surface area contributed by atoms with Crippen molar-refractivity contribution in [3.8, 4) is 6.07 Å². The molecule has 2 unspecified atom stereocenters. The van der Waals surface area contributed by atoms with Gasteiger partial charge in [0, 0.05) is 12.5 Å². The van der Waals surface area contributed by atoms with E-state index in [1.807, 2.05) is 12.1 Å². The molecule has 1 N–H and O–H groups in total. The average molecular weight is 203 g/mol. The number of hydrogen-bond acceptors (Lipinski definition) is 3. The number of hydrogen-bond donors (Lipinski definition) is 1. The van der Waals surface area contributed by atoms with Crippen LogP contribution in [0, 0.1) is 17.2 Å². The van der Waals surface area contributed by atoms with E-state index in [1.165, 1.54) is 0 Å². The van der Waals surface area contributed by atoms with Crippen molar-refractivity contribution in [2.45, 2.75) is 12.5 Å². The van der Waals surface area contributed by atoms with E-state index in [0.717, 1.165) is 18.6 Å². The van der Waals surface area contributed by atoms with E-state index in [9.17, 15) is 5.11 Å². The third kappa shape index (κ3) is 2.17. The maximum atomic E-state index is 10.0. The lowest BCUT2D eigenvalue weighted by atomic mass is 9.95. The predicted octanol–water partition coefficient (Wildman–Crippen LogP) is 1.63. The van der Waals surface area contributed by atoms with Crippen LogP contribution >= 0.6 is 0 Å². The fourth-order valence-electron chi connectivity index (χ4n) is 1.83. The molecule has 0 radical (unpaired) electrons. The summed E-state index contributed by atoms with van der Waals surface area (Å²) in [5, 5.41) is 18.7. The molecule has 3 heteroatoms. The molecule has 0 spiro atoms. The van der Waals surface area contributed by atoms with Crippen LogP contribution in [0.2, 0.25) is 0 Å². The van der Waals surface area contributed by atoms with Crippen molar-refractivity contribution in [3.63, 3.8) is 0 Å². The molecule has 1 aliphatic heterocycles. The molecule has 0 saturated carbocycles. The van der Waals surface area contributed by atoms with Gasteiger partial charge in [0.2, 0.25) is 0 Å². The van der Waals surface area contributed by atoms with E-state index in [-0.39, 0.29) is 5.92 Å². The summed E-state index contributed by atoms with van der Waals surface area (Å²) in [4.78, 5) is 0. The van der Waals surface area contributed by atoms with Crippen LogP contribution in [-0.4, -0.2) is 18.3 Å². The van der Waals surface area contributed by atoms with Crippen LogP contribution in [0.3, 0.4) is 0 Å². The van der Waals surface area contributed by atoms with Gasteiger partial charge in [-0.1, -0.05) is 12.1 Å². The van der Waals surface area contributed by atoms with Gasteiger partial charge in [0.25, 0.3) is 0 Å². The minimum Gasteiger partial charge on any atom is -0.388 e. The first-order chi connectivity index (χ1) is 7.31. The van der Waals surface area contributed by atoms with Gasteiger partial charge in [0.15, 0.2) is 0 Å². The van der Waals surface area contributed by atoms with Crippen molar-refractivity contribution in [2.24, 2.45) is 5.92 Å². The zero-order valence-electron chi connectivity index (χ0n) is 8.39. The van der Waals surface area contributed by atoms with E-state index in [2.05, 4.69) is 6.07 Å². The van der Waals surface area contributed by atoms with Gasteiger partial charge in [-0.25, -0.2) is 0 Å². The van der Waals surface area contributed by atoms with Crippen LogP contribution in [-0.2, 0) is 4.74 Å². The third-order valence-corrected chi connectivity index (χ3v) is 2.79. The van der Waals surface area contributed by atoms with Gasteiger partial charge in [-0.15, -0.1) is 0 Å². The Hall–Kier alpha value is -1.37. The van der Waals surface area contributed by atoms with Crippen LogP contribution < -0.4 is 0 Å². The minimum absolute atomic E-state index is 0.193. The molecule has 1 saturated heterocycles. The summed E-state index contributed by atoms with van der Waals surface area (Å²) in [6, 6.07) is 9.13. The Balaban J connectivity index is 2.11. The SMILES string of the molecule is N#Cc1ccc(C(O)C2CCOC2)cc1. The molecule has 1 aromatic rings. The average Bonchev–Trinajstić information content (AvgIpc) is 2.82. The van der Waals surface area contributed by atoms with E-state index < -0.39 is 6.10 Å². The van der Waals surface area contributed by atoms with Crippen LogP contribution in [0.25, 0.3) is 0 Å². The molecule has 1 fully saturated rings. The summed E-state index contributed by atoms with van der Waals surface area (Å²) in [5.41, 5.74) is 1.48. The van der Waals surface area contributed by atoms with Crippen molar-refractivity contribution in [1.82, 2.24) is 0 Å². The highest BCUT2D eigenvalue weighted by molar-refractivity contribution is 5.32. The number of aliphatic hydroxyl groups excluding tert-OH is 1. The molecule has 0 amide bonds. The van der Waals surface area contributed by atoms with Gasteiger partial charge in [0.05, 0.1) is 24.3 Å². The van der Waals surface area contributed by atoms with Crippen molar-refractivity contribution >= 4 is 0 Å². The number of aliphatic hydroxyl groups is 1. The smallest absolute Gasteiger partial charge is 0.0991 e. The number of ether oxygens (including phenoxy) is 1. The second kappa shape index (κ2) is 4.43. The molecule has 0 bridgehead atoms. The normalized spacial score (nSPS) is 22.3. The molecule has 1 heterocycles. The molecule has 78 valence electrons. The molecule has 2 atom stereocenters. The Morgan fingerprint density at radius 3 is 2.67 bits per heavy atom. The number of nitriles is 1. The summed E-state index contributed by atoms with van der Waals surface area (Å²) in [6.45, 7) is 1.36. The number of rotatable bonds is 2. The number of nitrogens with zero attached hydrogens (tertiary/aromatic N) is 1. The Kier molecular flexibility index (Phi) is 3.00. The largest absolute Gasteiger partial charge is 0.388 e. The summed E-state index contributed by atoms with van der Waals surface area (Å²) < 4.78 is 5.23. The second-order valence-electron chi connectivity index (χ2n) is 3.80. The van der Waals surface area contributed by atoms with Gasteiger partial charge in [-0.05, 0) is 24.1 Å². The molecule has 0 aliphatic carbocycles. The predicted molar refractivity (Wildman–Crippen MR) is 55.0 cm³/mol. The Morgan fingerprint density at radius 2 is 2.13 bits per heavy atom. The summed E-state index contributed by atoms with van der Waals surface area (Å²) >= 11 is 0. The molecule has 0 aromatic heterocycles. The van der Waals surface area contributed by atoms with Crippen molar-refractivity contribution in [1.29, 1.82) is 5.26 Å². The van der Waals surface area contributed by atoms with Crippen molar-refractivity contribution in [3.05, 3.63) is 35.4 Å². The van der Waals surface area contributed by atoms with E-state index in [1.54, 1.807) is 12.1 Å². The quantitative estimate of drug-likeness (QED) is 0.794. The zero-order valence-corrected chi connectivity index (χ0v) is 8.39. The van der Waals surface area contributed by atoms with E-state index >= 15 is 0 Å². The first-order valence-corrected chi connectivity index (χ1v) is 5.07. The molecule has 15 heavy (non-hydrogen) atoms. The van der Waals surface area contributed by atoms with Gasteiger partial charge in [0.1, 0.15) is 0 Å². The van der Waals surface area contributed by atoms with E-state index in [0.29, 0.717) is 12.2 Å². The Morgan fingerprint density at radius 1 is 1.40 bits per heavy atom. The second-order valence-corrected chi connectivity index (χ2v) is 3.80. The molecule has 1 aliphatic rings. The Labute approximate surface area is 88.9 Å². The van der Waals surface area contributed by atoms with Crippen molar-refractivity contribution < 1.29 is 9.84 Å². The van der Waals surface area contributed by atoms with E-state index in [4.69, 9.17) is 10.00 Å². The topological polar surface area (TPSA) is 53.2 Å². The maximum Gasteiger partial charge on any atom is 0.0991 e. The third-order valence-electron chi connectivity index (χ3n) is 2.79.